The number of halogens is 5. The predicted octanol–water partition coefficient (Wildman–Crippen LogP) is 2.65. The van der Waals surface area contributed by atoms with Gasteiger partial charge in [-0.3, -0.25) is 9.79 Å². The Labute approximate surface area is 231 Å². The Morgan fingerprint density at radius 3 is 2.16 bits per heavy atom. The zero-order valence-electron chi connectivity index (χ0n) is 20.5. The van der Waals surface area contributed by atoms with Crippen molar-refractivity contribution in [3.05, 3.63) is 26.6 Å². The van der Waals surface area contributed by atoms with Crippen LogP contribution in [0.3, 0.4) is 0 Å². The molecule has 1 aromatic rings. The molecule has 0 saturated heterocycles. The van der Waals surface area contributed by atoms with Gasteiger partial charge in [0.25, 0.3) is 0 Å². The Morgan fingerprint density at radius 2 is 1.68 bits per heavy atom. The highest BCUT2D eigenvalue weighted by atomic mass is 79.9. The maximum absolute atomic E-state index is 12.5. The van der Waals surface area contributed by atoms with Crippen LogP contribution in [0.1, 0.15) is 37.7 Å². The number of carbonyl (C=O) groups is 2. The minimum Gasteiger partial charge on any atom is -0.491 e. The lowest BCUT2D eigenvalue weighted by Gasteiger charge is -2.18. The van der Waals surface area contributed by atoms with Gasteiger partial charge in [0.15, 0.2) is 5.96 Å². The number of aliphatic imine (C=N–C) groups is 1. The largest absolute Gasteiger partial charge is 0.491 e. The fourth-order valence-electron chi connectivity index (χ4n) is 2.82. The van der Waals surface area contributed by atoms with Gasteiger partial charge < -0.3 is 37.7 Å². The van der Waals surface area contributed by atoms with Gasteiger partial charge in [0.2, 0.25) is 5.91 Å². The summed E-state index contributed by atoms with van der Waals surface area (Å²) in [5, 5.41) is 13.2. The van der Waals surface area contributed by atoms with Gasteiger partial charge in [0.05, 0.1) is 21.6 Å². The number of carboxylic acid groups (broad SMARTS) is 1. The van der Waals surface area contributed by atoms with E-state index in [2.05, 4.69) is 47.5 Å². The van der Waals surface area contributed by atoms with Crippen LogP contribution in [0, 0.1) is 0 Å². The number of benzene rings is 1. The number of nitrogens with zero attached hydrogens (tertiary/aromatic N) is 1. The summed E-state index contributed by atoms with van der Waals surface area (Å²) in [6, 6.07) is 3.66. The van der Waals surface area contributed by atoms with Crippen LogP contribution >= 0.6 is 31.9 Å². The Kier molecular flexibility index (Phi) is 18.0. The van der Waals surface area contributed by atoms with E-state index in [1.54, 1.807) is 7.05 Å². The van der Waals surface area contributed by atoms with E-state index in [1.165, 1.54) is 0 Å². The molecule has 0 bridgehead atoms. The van der Waals surface area contributed by atoms with E-state index in [0.717, 1.165) is 52.4 Å². The lowest BCUT2D eigenvalue weighted by atomic mass is 10.0. The first-order valence-electron chi connectivity index (χ1n) is 11.4. The second-order valence-corrected chi connectivity index (χ2v) is 9.45. The molecule has 10 nitrogen and oxygen atoms in total. The van der Waals surface area contributed by atoms with Crippen LogP contribution in [-0.4, -0.2) is 68.4 Å². The van der Waals surface area contributed by atoms with Gasteiger partial charge in [-0.15, -0.1) is 0 Å². The first-order chi connectivity index (χ1) is 17.3. The van der Waals surface area contributed by atoms with Gasteiger partial charge in [-0.25, -0.2) is 4.79 Å². The number of likely N-dealkylation sites (N-methyl/N-ethyl adjacent to an activating group) is 1. The summed E-state index contributed by atoms with van der Waals surface area (Å²) in [5.41, 5.74) is 17.1. The second-order valence-electron chi connectivity index (χ2n) is 7.74. The lowest BCUT2D eigenvalue weighted by Crippen LogP contribution is -2.44. The molecule has 0 aliphatic heterocycles. The minimum atomic E-state index is -5.08. The number of ether oxygens (including phenoxy) is 1. The quantitative estimate of drug-likeness (QED) is 0.0942. The third-order valence-electron chi connectivity index (χ3n) is 4.68. The number of hydrogen-bond acceptors (Lipinski definition) is 6. The first kappa shape index (κ1) is 34.9. The number of alkyl halides is 3. The molecule has 0 aliphatic rings. The molecule has 1 atom stereocenters. The summed E-state index contributed by atoms with van der Waals surface area (Å²) < 4.78 is 39.2. The van der Waals surface area contributed by atoms with Gasteiger partial charge in [0.1, 0.15) is 5.75 Å². The van der Waals surface area contributed by atoms with Crippen LogP contribution in [0.5, 0.6) is 5.75 Å². The summed E-state index contributed by atoms with van der Waals surface area (Å²) in [6.45, 7) is 2.45. The van der Waals surface area contributed by atoms with E-state index in [-0.39, 0.29) is 17.9 Å². The summed E-state index contributed by atoms with van der Waals surface area (Å²) in [7, 11) is 1.79. The number of nitrogens with two attached hydrogens (primary N) is 3. The molecule has 0 saturated carbocycles. The monoisotopic (exact) mass is 662 g/mol. The van der Waals surface area contributed by atoms with E-state index in [4.69, 9.17) is 31.8 Å². The molecule has 0 spiro atoms. The van der Waals surface area contributed by atoms with Crippen LogP contribution in [-0.2, 0) is 16.0 Å². The summed E-state index contributed by atoms with van der Waals surface area (Å²) in [6.07, 6.45) is 0.205. The lowest BCUT2D eigenvalue weighted by molar-refractivity contribution is -0.192. The number of amides is 1. The van der Waals surface area contributed by atoms with Crippen molar-refractivity contribution in [1.82, 2.24) is 10.6 Å². The predicted molar refractivity (Wildman–Crippen MR) is 143 cm³/mol. The zero-order chi connectivity index (χ0) is 28.4. The number of carbonyl (C=O) groups excluding carboxylic acids is 1. The van der Waals surface area contributed by atoms with Crippen molar-refractivity contribution in [2.45, 2.75) is 50.7 Å². The molecular weight excluding hydrogens is 629 g/mol. The molecule has 15 heteroatoms. The number of nitrogens with one attached hydrogen (secondary N) is 2. The molecular formula is C22H35Br2F3N6O4. The zero-order valence-corrected chi connectivity index (χ0v) is 23.7. The van der Waals surface area contributed by atoms with E-state index in [9.17, 15) is 18.0 Å². The summed E-state index contributed by atoms with van der Waals surface area (Å²) in [4.78, 5) is 25.4. The fraction of sp³-hybridized carbons (Fsp3) is 0.591. The normalized spacial score (nSPS) is 11.6. The smallest absolute Gasteiger partial charge is 0.490 e. The highest BCUT2D eigenvalue weighted by Gasteiger charge is 2.38. The number of carboxylic acids is 1. The maximum Gasteiger partial charge on any atom is 0.490 e. The van der Waals surface area contributed by atoms with Gasteiger partial charge >= 0.3 is 12.1 Å². The molecule has 37 heavy (non-hydrogen) atoms. The van der Waals surface area contributed by atoms with Crippen LogP contribution in [0.2, 0.25) is 0 Å². The first-order valence-corrected chi connectivity index (χ1v) is 13.0. The summed E-state index contributed by atoms with van der Waals surface area (Å²) >= 11 is 7.11. The van der Waals surface area contributed by atoms with Crippen molar-refractivity contribution in [3.8, 4) is 5.75 Å². The van der Waals surface area contributed by atoms with Gasteiger partial charge in [-0.2, -0.15) is 13.2 Å². The highest BCUT2D eigenvalue weighted by molar-refractivity contribution is 9.11. The van der Waals surface area contributed by atoms with Crippen molar-refractivity contribution < 1.29 is 32.6 Å². The standard InChI is InChI=1S/C20H34Br2N6O2.C2HF3O2/c1-26-17(19(29)27-8-4-2-3-5-9-28-20(24)25)13-14-11-15(21)18(16(22)12-14)30-10-6-7-23;3-2(4,5)1(6)7/h11-12,17,26H,2-10,13,23H2,1H3,(H,27,29)(H4,24,25,28);(H,6,7). The van der Waals surface area contributed by atoms with Crippen molar-refractivity contribution in [2.75, 3.05) is 33.3 Å². The van der Waals surface area contributed by atoms with E-state index < -0.39 is 12.1 Å². The highest BCUT2D eigenvalue weighted by Crippen LogP contribution is 2.35. The average molecular weight is 664 g/mol. The number of aliphatic carboxylic acids is 1. The molecule has 1 amide bonds. The molecule has 0 fully saturated rings. The van der Waals surface area contributed by atoms with Gasteiger partial charge in [0, 0.05) is 13.1 Å². The molecule has 1 unspecified atom stereocenters. The summed E-state index contributed by atoms with van der Waals surface area (Å²) in [5.74, 6) is -1.88. The number of unbranched alkanes of at least 4 members (excludes halogenated alkanes) is 3. The third kappa shape index (κ3) is 16.4. The molecule has 212 valence electrons. The fourth-order valence-corrected chi connectivity index (χ4v) is 4.33. The Morgan fingerprint density at radius 1 is 1.11 bits per heavy atom. The van der Waals surface area contributed by atoms with E-state index in [0.29, 0.717) is 32.7 Å². The molecule has 0 radical (unpaired) electrons. The Hall–Kier alpha value is -2.10. The molecule has 1 rings (SSSR count). The van der Waals surface area contributed by atoms with Crippen LogP contribution in [0.25, 0.3) is 0 Å². The van der Waals surface area contributed by atoms with E-state index >= 15 is 0 Å². The maximum atomic E-state index is 12.5. The molecule has 9 N–H and O–H groups in total. The SMILES string of the molecule is CNC(Cc1cc(Br)c(OCCCN)c(Br)c1)C(=O)NCCCCCCN=C(N)N.O=C(O)C(F)(F)F. The Balaban J connectivity index is 0.00000161. The number of guanidine groups is 1. The van der Waals surface area contributed by atoms with Gasteiger partial charge in [-0.1, -0.05) is 12.8 Å². The van der Waals surface area contributed by atoms with Crippen molar-refractivity contribution in [2.24, 2.45) is 22.2 Å². The second kappa shape index (κ2) is 19.0. The molecule has 0 aliphatic carbocycles. The minimum absolute atomic E-state index is 0.00600. The number of hydrogen-bond donors (Lipinski definition) is 6. The molecule has 0 aromatic heterocycles. The topological polar surface area (TPSA) is 178 Å². The van der Waals surface area contributed by atoms with Crippen molar-refractivity contribution in [3.63, 3.8) is 0 Å². The third-order valence-corrected chi connectivity index (χ3v) is 5.86. The number of rotatable bonds is 15. The van der Waals surface area contributed by atoms with Crippen molar-refractivity contribution in [1.29, 1.82) is 0 Å². The molecule has 0 heterocycles. The van der Waals surface area contributed by atoms with Crippen LogP contribution < -0.4 is 32.6 Å². The Bertz CT molecular complexity index is 848. The average Bonchev–Trinajstić information content (AvgIpc) is 2.80. The van der Waals surface area contributed by atoms with Gasteiger partial charge in [-0.05, 0) is 88.8 Å². The van der Waals surface area contributed by atoms with Crippen molar-refractivity contribution >= 4 is 49.7 Å². The molecule has 1 aromatic carbocycles. The van der Waals surface area contributed by atoms with Crippen LogP contribution in [0.15, 0.2) is 26.1 Å². The van der Waals surface area contributed by atoms with Crippen LogP contribution in [0.4, 0.5) is 13.2 Å². The van der Waals surface area contributed by atoms with E-state index in [1.807, 2.05) is 12.1 Å².